The average molecular weight is 219 g/mol. The highest BCUT2D eigenvalue weighted by Gasteiger charge is 2.03. The van der Waals surface area contributed by atoms with Crippen LogP contribution in [0.3, 0.4) is 0 Å². The van der Waals surface area contributed by atoms with Crippen molar-refractivity contribution >= 4 is 33.8 Å². The molecular formula is C8H11ClN2OS. The first-order chi connectivity index (χ1) is 6.22. The normalized spacial score (nSPS) is 10.0. The first kappa shape index (κ1) is 10.5. The number of carbonyl (C=O) groups is 1. The number of rotatable bonds is 4. The van der Waals surface area contributed by atoms with Crippen molar-refractivity contribution in [1.82, 2.24) is 0 Å². The van der Waals surface area contributed by atoms with Crippen molar-refractivity contribution in [3.63, 3.8) is 0 Å². The van der Waals surface area contributed by atoms with Gasteiger partial charge in [0.25, 0.3) is 0 Å². The summed E-state index contributed by atoms with van der Waals surface area (Å²) in [4.78, 5) is 11.2. The van der Waals surface area contributed by atoms with Gasteiger partial charge in [0.05, 0.1) is 9.34 Å². The standard InChI is InChI=1S/C8H11ClN2OS/c9-6-3-4-8(13-6)11-7(12)2-1-5-10/h3-4H,1-2,5,10H2,(H,11,12). The lowest BCUT2D eigenvalue weighted by Gasteiger charge is -1.99. The van der Waals surface area contributed by atoms with Crippen molar-refractivity contribution in [3.05, 3.63) is 16.5 Å². The molecule has 0 aromatic carbocycles. The number of halogens is 1. The van der Waals surface area contributed by atoms with Crippen LogP contribution in [0.2, 0.25) is 4.34 Å². The molecule has 3 N–H and O–H groups in total. The third-order valence-corrected chi connectivity index (χ3v) is 2.59. The summed E-state index contributed by atoms with van der Waals surface area (Å²) >= 11 is 7.05. The Morgan fingerprint density at radius 3 is 2.92 bits per heavy atom. The second-order valence-corrected chi connectivity index (χ2v) is 4.26. The molecule has 0 aliphatic rings. The van der Waals surface area contributed by atoms with Crippen molar-refractivity contribution in [2.75, 3.05) is 11.9 Å². The van der Waals surface area contributed by atoms with E-state index in [9.17, 15) is 4.79 Å². The van der Waals surface area contributed by atoms with Crippen LogP contribution in [0.25, 0.3) is 0 Å². The first-order valence-corrected chi connectivity index (χ1v) is 5.17. The average Bonchev–Trinajstić information content (AvgIpc) is 2.48. The lowest BCUT2D eigenvalue weighted by molar-refractivity contribution is -0.116. The Bertz CT molecular complexity index is 287. The molecule has 0 saturated carbocycles. The van der Waals surface area contributed by atoms with Crippen LogP contribution in [0.1, 0.15) is 12.8 Å². The molecule has 5 heteroatoms. The van der Waals surface area contributed by atoms with Crippen molar-refractivity contribution in [2.45, 2.75) is 12.8 Å². The topological polar surface area (TPSA) is 55.1 Å². The maximum Gasteiger partial charge on any atom is 0.225 e. The number of hydrogen-bond acceptors (Lipinski definition) is 3. The van der Waals surface area contributed by atoms with Gasteiger partial charge in [0, 0.05) is 6.42 Å². The number of nitrogens with two attached hydrogens (primary N) is 1. The van der Waals surface area contributed by atoms with Gasteiger partial charge in [0.1, 0.15) is 0 Å². The Morgan fingerprint density at radius 2 is 2.38 bits per heavy atom. The van der Waals surface area contributed by atoms with E-state index in [1.165, 1.54) is 11.3 Å². The van der Waals surface area contributed by atoms with Crippen molar-refractivity contribution < 1.29 is 4.79 Å². The quantitative estimate of drug-likeness (QED) is 0.813. The van der Waals surface area contributed by atoms with Gasteiger partial charge >= 0.3 is 0 Å². The smallest absolute Gasteiger partial charge is 0.225 e. The van der Waals surface area contributed by atoms with Gasteiger partial charge in [-0.2, -0.15) is 0 Å². The molecule has 0 fully saturated rings. The molecule has 3 nitrogen and oxygen atoms in total. The molecule has 0 aliphatic heterocycles. The van der Waals surface area contributed by atoms with Gasteiger partial charge in [-0.1, -0.05) is 11.6 Å². The van der Waals surface area contributed by atoms with Gasteiger partial charge in [-0.3, -0.25) is 4.79 Å². The van der Waals surface area contributed by atoms with Gasteiger partial charge in [0.15, 0.2) is 0 Å². The minimum absolute atomic E-state index is 0.0102. The van der Waals surface area contributed by atoms with E-state index in [4.69, 9.17) is 17.3 Å². The van der Waals surface area contributed by atoms with Crippen LogP contribution in [0.4, 0.5) is 5.00 Å². The molecule has 1 heterocycles. The molecule has 0 spiro atoms. The Balaban J connectivity index is 2.36. The number of amides is 1. The fourth-order valence-electron chi connectivity index (χ4n) is 0.844. The highest BCUT2D eigenvalue weighted by Crippen LogP contribution is 2.25. The third kappa shape index (κ3) is 3.76. The number of nitrogens with one attached hydrogen (secondary N) is 1. The lowest BCUT2D eigenvalue weighted by Crippen LogP contribution is -2.12. The summed E-state index contributed by atoms with van der Waals surface area (Å²) < 4.78 is 0.675. The number of carbonyl (C=O) groups excluding carboxylic acids is 1. The highest BCUT2D eigenvalue weighted by molar-refractivity contribution is 7.20. The van der Waals surface area contributed by atoms with Crippen molar-refractivity contribution in [1.29, 1.82) is 0 Å². The first-order valence-electron chi connectivity index (χ1n) is 3.97. The van der Waals surface area contributed by atoms with E-state index in [-0.39, 0.29) is 5.91 Å². The van der Waals surface area contributed by atoms with Crippen LogP contribution in [-0.2, 0) is 4.79 Å². The molecule has 1 aromatic heterocycles. The van der Waals surface area contributed by atoms with Crippen molar-refractivity contribution in [3.8, 4) is 0 Å². The second-order valence-electron chi connectivity index (χ2n) is 2.54. The van der Waals surface area contributed by atoms with Gasteiger partial charge in [-0.05, 0) is 25.1 Å². The summed E-state index contributed by atoms with van der Waals surface area (Å²) in [6, 6.07) is 3.54. The molecule has 1 amide bonds. The molecule has 0 unspecified atom stereocenters. The Labute approximate surface area is 85.9 Å². The molecule has 0 aliphatic carbocycles. The molecule has 1 rings (SSSR count). The highest BCUT2D eigenvalue weighted by atomic mass is 35.5. The molecule has 1 aromatic rings. The zero-order valence-electron chi connectivity index (χ0n) is 7.05. The minimum Gasteiger partial charge on any atom is -0.330 e. The fraction of sp³-hybridized carbons (Fsp3) is 0.375. The Kier molecular flexibility index (Phi) is 4.21. The zero-order chi connectivity index (χ0) is 9.68. The number of anilines is 1. The number of hydrogen-bond donors (Lipinski definition) is 2. The Hall–Kier alpha value is -0.580. The van der Waals surface area contributed by atoms with E-state index < -0.39 is 0 Å². The van der Waals surface area contributed by atoms with Crippen LogP contribution < -0.4 is 11.1 Å². The van der Waals surface area contributed by atoms with Crippen molar-refractivity contribution in [2.24, 2.45) is 5.73 Å². The van der Waals surface area contributed by atoms with Gasteiger partial charge in [0.2, 0.25) is 5.91 Å². The summed E-state index contributed by atoms with van der Waals surface area (Å²) in [7, 11) is 0. The molecule has 0 atom stereocenters. The summed E-state index contributed by atoms with van der Waals surface area (Å²) in [5.74, 6) is -0.0102. The van der Waals surface area contributed by atoms with E-state index in [0.717, 1.165) is 5.00 Å². The largest absolute Gasteiger partial charge is 0.330 e. The second kappa shape index (κ2) is 5.21. The molecule has 0 bridgehead atoms. The van der Waals surface area contributed by atoms with E-state index in [0.29, 0.717) is 23.7 Å². The summed E-state index contributed by atoms with van der Waals surface area (Å²) in [5.41, 5.74) is 5.28. The summed E-state index contributed by atoms with van der Waals surface area (Å²) in [5, 5.41) is 3.52. The lowest BCUT2D eigenvalue weighted by atomic mass is 10.3. The summed E-state index contributed by atoms with van der Waals surface area (Å²) in [6.07, 6.45) is 1.18. The van der Waals surface area contributed by atoms with Gasteiger partial charge in [-0.15, -0.1) is 11.3 Å². The predicted molar refractivity (Wildman–Crippen MR) is 56.2 cm³/mol. The van der Waals surface area contributed by atoms with Crippen LogP contribution >= 0.6 is 22.9 Å². The van der Waals surface area contributed by atoms with Crippen LogP contribution in [0.15, 0.2) is 12.1 Å². The van der Waals surface area contributed by atoms with E-state index >= 15 is 0 Å². The number of thiophene rings is 1. The Morgan fingerprint density at radius 1 is 1.62 bits per heavy atom. The maximum atomic E-state index is 11.2. The predicted octanol–water partition coefficient (Wildman–Crippen LogP) is 2.08. The van der Waals surface area contributed by atoms with E-state index in [1.54, 1.807) is 12.1 Å². The van der Waals surface area contributed by atoms with Crippen LogP contribution in [0, 0.1) is 0 Å². The molecule has 13 heavy (non-hydrogen) atoms. The SMILES string of the molecule is NCCCC(=O)Nc1ccc(Cl)s1. The van der Waals surface area contributed by atoms with E-state index in [2.05, 4.69) is 5.32 Å². The monoisotopic (exact) mass is 218 g/mol. The third-order valence-electron chi connectivity index (χ3n) is 1.44. The molecule has 72 valence electrons. The molecular weight excluding hydrogens is 208 g/mol. The van der Waals surface area contributed by atoms with Gasteiger partial charge < -0.3 is 11.1 Å². The minimum atomic E-state index is -0.0102. The van der Waals surface area contributed by atoms with Gasteiger partial charge in [-0.25, -0.2) is 0 Å². The van der Waals surface area contributed by atoms with Crippen LogP contribution in [-0.4, -0.2) is 12.5 Å². The molecule has 0 radical (unpaired) electrons. The molecule has 0 saturated heterocycles. The fourth-order valence-corrected chi connectivity index (χ4v) is 1.80. The summed E-state index contributed by atoms with van der Waals surface area (Å²) in [6.45, 7) is 0.540. The van der Waals surface area contributed by atoms with E-state index in [1.807, 2.05) is 0 Å². The zero-order valence-corrected chi connectivity index (χ0v) is 8.62. The maximum absolute atomic E-state index is 11.2. The van der Waals surface area contributed by atoms with Crippen LogP contribution in [0.5, 0.6) is 0 Å².